The number of likely N-dealkylation sites (tertiary alicyclic amines) is 1. The molecule has 0 unspecified atom stereocenters. The molecule has 1 aromatic carbocycles. The minimum atomic E-state index is 0.172. The number of fused-ring (bicyclic) bond motifs is 1. The fourth-order valence-electron chi connectivity index (χ4n) is 3.75. The van der Waals surface area contributed by atoms with E-state index < -0.39 is 0 Å². The summed E-state index contributed by atoms with van der Waals surface area (Å²) in [5, 5.41) is 1.97. The van der Waals surface area contributed by atoms with Gasteiger partial charge >= 0.3 is 0 Å². The number of amides is 1. The minimum Gasteiger partial charge on any atom is -0.343 e. The number of hydrogen-bond acceptors (Lipinski definition) is 2. The first-order valence-corrected chi connectivity index (χ1v) is 8.97. The normalized spacial score (nSPS) is 15.7. The zero-order valence-electron chi connectivity index (χ0n) is 14.2. The van der Waals surface area contributed by atoms with Gasteiger partial charge in [-0.1, -0.05) is 11.6 Å². The van der Waals surface area contributed by atoms with E-state index in [1.54, 1.807) is 6.92 Å². The second kappa shape index (κ2) is 6.52. The molecule has 0 saturated carbocycles. The Labute approximate surface area is 152 Å². The van der Waals surface area contributed by atoms with Crippen LogP contribution >= 0.6 is 11.6 Å². The smallest absolute Gasteiger partial charge is 0.219 e. The van der Waals surface area contributed by atoms with E-state index in [0.29, 0.717) is 5.92 Å². The van der Waals surface area contributed by atoms with Gasteiger partial charge in [0.25, 0.3) is 0 Å². The van der Waals surface area contributed by atoms with E-state index in [2.05, 4.69) is 21.8 Å². The molecular weight excluding hydrogens is 334 g/mol. The van der Waals surface area contributed by atoms with Gasteiger partial charge in [0.2, 0.25) is 5.91 Å². The molecule has 2 aromatic heterocycles. The summed E-state index contributed by atoms with van der Waals surface area (Å²) >= 11 is 6.03. The standard InChI is InChI=1S/C20H20ClN3O/c1-14(25)23-10-7-15(8-11-23)19-13-24(17-4-2-16(21)3-5-17)20-12-22-9-6-18(19)20/h2-6,9,12-13,15H,7-8,10-11H2,1H3. The Kier molecular flexibility index (Phi) is 4.22. The summed E-state index contributed by atoms with van der Waals surface area (Å²) in [5.41, 5.74) is 3.53. The summed E-state index contributed by atoms with van der Waals surface area (Å²) in [6.45, 7) is 3.32. The number of carbonyl (C=O) groups excluding carboxylic acids is 1. The molecule has 0 radical (unpaired) electrons. The van der Waals surface area contributed by atoms with Crippen LogP contribution in [0.5, 0.6) is 0 Å². The highest BCUT2D eigenvalue weighted by molar-refractivity contribution is 6.30. The zero-order chi connectivity index (χ0) is 17.4. The molecule has 0 aliphatic carbocycles. The quantitative estimate of drug-likeness (QED) is 0.684. The number of carbonyl (C=O) groups is 1. The van der Waals surface area contributed by atoms with Gasteiger partial charge in [0.15, 0.2) is 0 Å². The van der Waals surface area contributed by atoms with Crippen LogP contribution in [-0.2, 0) is 4.79 Å². The SMILES string of the molecule is CC(=O)N1CCC(c2cn(-c3ccc(Cl)cc3)c3cnccc23)CC1. The lowest BCUT2D eigenvalue weighted by Gasteiger charge is -2.31. The van der Waals surface area contributed by atoms with Gasteiger partial charge in [-0.05, 0) is 54.7 Å². The van der Waals surface area contributed by atoms with Gasteiger partial charge in [-0.3, -0.25) is 9.78 Å². The second-order valence-corrected chi connectivity index (χ2v) is 7.04. The summed E-state index contributed by atoms with van der Waals surface area (Å²) < 4.78 is 2.19. The minimum absolute atomic E-state index is 0.172. The fraction of sp³-hybridized carbons (Fsp3) is 0.300. The lowest BCUT2D eigenvalue weighted by Crippen LogP contribution is -2.36. The van der Waals surface area contributed by atoms with Crippen LogP contribution in [0.1, 0.15) is 31.2 Å². The monoisotopic (exact) mass is 353 g/mol. The number of benzene rings is 1. The van der Waals surface area contributed by atoms with Crippen molar-refractivity contribution in [1.82, 2.24) is 14.5 Å². The Bertz CT molecular complexity index is 908. The van der Waals surface area contributed by atoms with Crippen LogP contribution < -0.4 is 0 Å². The maximum atomic E-state index is 11.6. The third-order valence-corrected chi connectivity index (χ3v) is 5.38. The number of pyridine rings is 1. The molecule has 1 saturated heterocycles. The highest BCUT2D eigenvalue weighted by atomic mass is 35.5. The van der Waals surface area contributed by atoms with Crippen LogP contribution in [0.25, 0.3) is 16.6 Å². The molecular formula is C20H20ClN3O. The Balaban J connectivity index is 1.73. The lowest BCUT2D eigenvalue weighted by molar-refractivity contribution is -0.129. The third-order valence-electron chi connectivity index (χ3n) is 5.12. The average Bonchev–Trinajstić information content (AvgIpc) is 3.02. The number of rotatable bonds is 2. The van der Waals surface area contributed by atoms with Crippen molar-refractivity contribution >= 4 is 28.4 Å². The van der Waals surface area contributed by atoms with Crippen LogP contribution in [-0.4, -0.2) is 33.4 Å². The maximum absolute atomic E-state index is 11.6. The number of aromatic nitrogens is 2. The number of piperidine rings is 1. The number of hydrogen-bond donors (Lipinski definition) is 0. The highest BCUT2D eigenvalue weighted by Crippen LogP contribution is 2.35. The molecule has 128 valence electrons. The van der Waals surface area contributed by atoms with E-state index in [1.165, 1.54) is 10.9 Å². The van der Waals surface area contributed by atoms with Crippen LogP contribution in [0.4, 0.5) is 0 Å². The predicted octanol–water partition coefficient (Wildman–Crippen LogP) is 4.40. The molecule has 0 atom stereocenters. The summed E-state index contributed by atoms with van der Waals surface area (Å²) in [7, 11) is 0. The summed E-state index contributed by atoms with van der Waals surface area (Å²) in [5.74, 6) is 0.639. The van der Waals surface area contributed by atoms with Gasteiger partial charge in [0.1, 0.15) is 0 Å². The molecule has 5 heteroatoms. The molecule has 1 aliphatic rings. The van der Waals surface area contributed by atoms with Crippen molar-refractivity contribution in [3.05, 3.63) is 59.5 Å². The van der Waals surface area contributed by atoms with Gasteiger partial charge in [-0.15, -0.1) is 0 Å². The van der Waals surface area contributed by atoms with E-state index in [1.807, 2.05) is 41.6 Å². The summed E-state index contributed by atoms with van der Waals surface area (Å²) in [6.07, 6.45) is 7.99. The molecule has 4 nitrogen and oxygen atoms in total. The van der Waals surface area contributed by atoms with Gasteiger partial charge in [0.05, 0.1) is 11.7 Å². The number of halogens is 1. The van der Waals surface area contributed by atoms with Crippen LogP contribution in [0.3, 0.4) is 0 Å². The van der Waals surface area contributed by atoms with Crippen molar-refractivity contribution in [2.75, 3.05) is 13.1 Å². The molecule has 0 bridgehead atoms. The molecule has 3 heterocycles. The van der Waals surface area contributed by atoms with E-state index in [-0.39, 0.29) is 5.91 Å². The molecule has 1 fully saturated rings. The Morgan fingerprint density at radius 2 is 1.88 bits per heavy atom. The Morgan fingerprint density at radius 3 is 2.56 bits per heavy atom. The van der Waals surface area contributed by atoms with Gasteiger partial charge in [0, 0.05) is 48.5 Å². The first-order chi connectivity index (χ1) is 12.1. The van der Waals surface area contributed by atoms with E-state index >= 15 is 0 Å². The van der Waals surface area contributed by atoms with E-state index in [0.717, 1.165) is 42.2 Å². The summed E-state index contributed by atoms with van der Waals surface area (Å²) in [4.78, 5) is 17.8. The molecule has 1 amide bonds. The van der Waals surface area contributed by atoms with Crippen molar-refractivity contribution in [3.63, 3.8) is 0 Å². The van der Waals surface area contributed by atoms with Crippen molar-refractivity contribution in [2.45, 2.75) is 25.7 Å². The molecule has 0 spiro atoms. The zero-order valence-corrected chi connectivity index (χ0v) is 14.9. The van der Waals surface area contributed by atoms with Crippen LogP contribution in [0.2, 0.25) is 5.02 Å². The van der Waals surface area contributed by atoms with E-state index in [4.69, 9.17) is 11.6 Å². The molecule has 0 N–H and O–H groups in total. The third kappa shape index (κ3) is 3.02. The molecule has 3 aromatic rings. The lowest BCUT2D eigenvalue weighted by atomic mass is 9.89. The van der Waals surface area contributed by atoms with Crippen molar-refractivity contribution in [1.29, 1.82) is 0 Å². The van der Waals surface area contributed by atoms with Gasteiger partial charge in [-0.25, -0.2) is 0 Å². The largest absolute Gasteiger partial charge is 0.343 e. The van der Waals surface area contributed by atoms with Crippen molar-refractivity contribution in [3.8, 4) is 5.69 Å². The Morgan fingerprint density at radius 1 is 1.16 bits per heavy atom. The first kappa shape index (κ1) is 16.2. The summed E-state index contributed by atoms with van der Waals surface area (Å²) in [6, 6.07) is 9.95. The van der Waals surface area contributed by atoms with Crippen LogP contribution in [0, 0.1) is 0 Å². The predicted molar refractivity (Wildman–Crippen MR) is 100 cm³/mol. The molecule has 1 aliphatic heterocycles. The van der Waals surface area contributed by atoms with Gasteiger partial charge < -0.3 is 9.47 Å². The second-order valence-electron chi connectivity index (χ2n) is 6.60. The topological polar surface area (TPSA) is 38.1 Å². The maximum Gasteiger partial charge on any atom is 0.219 e. The average molecular weight is 354 g/mol. The molecule has 25 heavy (non-hydrogen) atoms. The van der Waals surface area contributed by atoms with Crippen molar-refractivity contribution in [2.24, 2.45) is 0 Å². The first-order valence-electron chi connectivity index (χ1n) is 8.60. The van der Waals surface area contributed by atoms with Gasteiger partial charge in [-0.2, -0.15) is 0 Å². The van der Waals surface area contributed by atoms with E-state index in [9.17, 15) is 4.79 Å². The fourth-order valence-corrected chi connectivity index (χ4v) is 3.87. The molecule has 4 rings (SSSR count). The van der Waals surface area contributed by atoms with Crippen LogP contribution in [0.15, 0.2) is 48.9 Å². The Hall–Kier alpha value is -2.33. The van der Waals surface area contributed by atoms with Crippen molar-refractivity contribution < 1.29 is 4.79 Å². The number of nitrogens with zero attached hydrogens (tertiary/aromatic N) is 3. The highest BCUT2D eigenvalue weighted by Gasteiger charge is 2.25.